The predicted octanol–water partition coefficient (Wildman–Crippen LogP) is 1.10. The highest BCUT2D eigenvalue weighted by molar-refractivity contribution is 7.14. The monoisotopic (exact) mass is 206 g/mol. The molecule has 0 aliphatic carbocycles. The van der Waals surface area contributed by atoms with Crippen molar-refractivity contribution in [3.05, 3.63) is 29.4 Å². The molecule has 4 nitrogen and oxygen atoms in total. The zero-order chi connectivity index (χ0) is 9.80. The average molecular weight is 206 g/mol. The van der Waals surface area contributed by atoms with Gasteiger partial charge in [0.15, 0.2) is 5.01 Å². The van der Waals surface area contributed by atoms with Gasteiger partial charge in [-0.3, -0.25) is 4.98 Å². The number of aromatic nitrogens is 3. The minimum absolute atomic E-state index is 0.608. The van der Waals surface area contributed by atoms with Crippen LogP contribution in [-0.4, -0.2) is 21.7 Å². The van der Waals surface area contributed by atoms with Gasteiger partial charge in [-0.05, 0) is 18.7 Å². The molecule has 0 aromatic carbocycles. The lowest BCUT2D eigenvalue weighted by Crippen LogP contribution is -2.01. The summed E-state index contributed by atoms with van der Waals surface area (Å²) >= 11 is 1.55. The zero-order valence-corrected chi connectivity index (χ0v) is 8.37. The summed E-state index contributed by atoms with van der Waals surface area (Å²) in [5.41, 5.74) is 6.30. The van der Waals surface area contributed by atoms with Crippen LogP contribution in [0.3, 0.4) is 0 Å². The molecule has 2 aromatic rings. The number of rotatable bonds is 3. The van der Waals surface area contributed by atoms with Crippen molar-refractivity contribution in [2.45, 2.75) is 6.42 Å². The van der Waals surface area contributed by atoms with Gasteiger partial charge in [0.25, 0.3) is 0 Å². The molecule has 0 spiro atoms. The highest BCUT2D eigenvalue weighted by Gasteiger charge is 2.05. The lowest BCUT2D eigenvalue weighted by atomic mass is 10.4. The third-order valence-corrected chi connectivity index (χ3v) is 2.71. The molecule has 2 heterocycles. The molecule has 0 radical (unpaired) electrons. The molecule has 0 aliphatic heterocycles. The van der Waals surface area contributed by atoms with E-state index in [0.717, 1.165) is 22.1 Å². The number of hydrogen-bond acceptors (Lipinski definition) is 5. The third kappa shape index (κ3) is 1.94. The Bertz CT molecular complexity index is 398. The molecule has 0 unspecified atom stereocenters. The number of pyridine rings is 1. The maximum Gasteiger partial charge on any atom is 0.166 e. The van der Waals surface area contributed by atoms with Crippen molar-refractivity contribution in [1.82, 2.24) is 15.2 Å². The first kappa shape index (κ1) is 9.23. The summed E-state index contributed by atoms with van der Waals surface area (Å²) in [5.74, 6) is 0. The quantitative estimate of drug-likeness (QED) is 0.816. The third-order valence-electron chi connectivity index (χ3n) is 1.71. The van der Waals surface area contributed by atoms with Gasteiger partial charge in [-0.15, -0.1) is 10.2 Å². The second-order valence-electron chi connectivity index (χ2n) is 2.75. The van der Waals surface area contributed by atoms with E-state index in [1.165, 1.54) is 0 Å². The molecular formula is C9H10N4S. The Morgan fingerprint density at radius 1 is 1.29 bits per heavy atom. The van der Waals surface area contributed by atoms with Gasteiger partial charge >= 0.3 is 0 Å². The van der Waals surface area contributed by atoms with E-state index >= 15 is 0 Å². The van der Waals surface area contributed by atoms with Crippen LogP contribution in [0.4, 0.5) is 0 Å². The highest BCUT2D eigenvalue weighted by Crippen LogP contribution is 2.20. The molecule has 5 heteroatoms. The summed E-state index contributed by atoms with van der Waals surface area (Å²) in [6.45, 7) is 0.608. The SMILES string of the molecule is NCCc1nnc(-c2ccccn2)s1. The zero-order valence-electron chi connectivity index (χ0n) is 7.55. The van der Waals surface area contributed by atoms with Gasteiger partial charge in [0.1, 0.15) is 10.7 Å². The van der Waals surface area contributed by atoms with Crippen molar-refractivity contribution in [2.75, 3.05) is 6.54 Å². The maximum absolute atomic E-state index is 5.43. The van der Waals surface area contributed by atoms with Crippen molar-refractivity contribution in [2.24, 2.45) is 5.73 Å². The van der Waals surface area contributed by atoms with Gasteiger partial charge in [-0.2, -0.15) is 0 Å². The standard InChI is InChI=1S/C9H10N4S/c10-5-4-8-12-13-9(14-8)7-3-1-2-6-11-7/h1-3,6H,4-5,10H2. The lowest BCUT2D eigenvalue weighted by Gasteiger charge is -1.90. The molecule has 2 N–H and O–H groups in total. The second-order valence-corrected chi connectivity index (χ2v) is 3.82. The molecule has 14 heavy (non-hydrogen) atoms. The summed E-state index contributed by atoms with van der Waals surface area (Å²) in [6, 6.07) is 5.74. The van der Waals surface area contributed by atoms with Crippen LogP contribution in [0, 0.1) is 0 Å². The van der Waals surface area contributed by atoms with E-state index in [1.54, 1.807) is 17.5 Å². The first-order chi connectivity index (χ1) is 6.90. The van der Waals surface area contributed by atoms with Gasteiger partial charge in [0, 0.05) is 12.6 Å². The Morgan fingerprint density at radius 3 is 2.93 bits per heavy atom. The Labute approximate surface area is 85.8 Å². The van der Waals surface area contributed by atoms with Gasteiger partial charge in [0.2, 0.25) is 0 Å². The smallest absolute Gasteiger partial charge is 0.166 e. The fourth-order valence-electron chi connectivity index (χ4n) is 1.07. The molecule has 0 aliphatic rings. The Morgan fingerprint density at radius 2 is 2.21 bits per heavy atom. The van der Waals surface area contributed by atoms with Crippen molar-refractivity contribution < 1.29 is 0 Å². The normalized spacial score (nSPS) is 10.4. The van der Waals surface area contributed by atoms with Gasteiger partial charge in [-0.1, -0.05) is 17.4 Å². The van der Waals surface area contributed by atoms with Gasteiger partial charge < -0.3 is 5.73 Å². The molecular weight excluding hydrogens is 196 g/mol. The Balaban J connectivity index is 2.25. The summed E-state index contributed by atoms with van der Waals surface area (Å²) in [5, 5.41) is 9.91. The number of nitrogens with zero attached hydrogens (tertiary/aromatic N) is 3. The lowest BCUT2D eigenvalue weighted by molar-refractivity contribution is 0.913. The molecule has 0 saturated carbocycles. The molecule has 2 rings (SSSR count). The van der Waals surface area contributed by atoms with E-state index in [-0.39, 0.29) is 0 Å². The van der Waals surface area contributed by atoms with E-state index in [9.17, 15) is 0 Å². The minimum Gasteiger partial charge on any atom is -0.330 e. The van der Waals surface area contributed by atoms with Crippen LogP contribution in [0.15, 0.2) is 24.4 Å². The van der Waals surface area contributed by atoms with E-state index in [1.807, 2.05) is 18.2 Å². The first-order valence-electron chi connectivity index (χ1n) is 4.34. The molecule has 0 saturated heterocycles. The largest absolute Gasteiger partial charge is 0.330 e. The molecule has 0 amide bonds. The highest BCUT2D eigenvalue weighted by atomic mass is 32.1. The Hall–Kier alpha value is -1.33. The van der Waals surface area contributed by atoms with Crippen LogP contribution in [-0.2, 0) is 6.42 Å². The fraction of sp³-hybridized carbons (Fsp3) is 0.222. The van der Waals surface area contributed by atoms with E-state index < -0.39 is 0 Å². The summed E-state index contributed by atoms with van der Waals surface area (Å²) < 4.78 is 0. The van der Waals surface area contributed by atoms with Crippen LogP contribution in [0.5, 0.6) is 0 Å². The van der Waals surface area contributed by atoms with Crippen LogP contribution >= 0.6 is 11.3 Å². The molecule has 72 valence electrons. The number of nitrogens with two attached hydrogens (primary N) is 1. The van der Waals surface area contributed by atoms with Crippen LogP contribution in [0.25, 0.3) is 10.7 Å². The second kappa shape index (κ2) is 4.26. The van der Waals surface area contributed by atoms with Crippen LogP contribution in [0.2, 0.25) is 0 Å². The number of hydrogen-bond donors (Lipinski definition) is 1. The topological polar surface area (TPSA) is 64.7 Å². The van der Waals surface area contributed by atoms with Crippen molar-refractivity contribution in [3.8, 4) is 10.7 Å². The minimum atomic E-state index is 0.608. The van der Waals surface area contributed by atoms with Crippen molar-refractivity contribution >= 4 is 11.3 Å². The Kier molecular flexibility index (Phi) is 2.81. The summed E-state index contributed by atoms with van der Waals surface area (Å²) in [6.07, 6.45) is 2.53. The summed E-state index contributed by atoms with van der Waals surface area (Å²) in [7, 11) is 0. The van der Waals surface area contributed by atoms with Crippen LogP contribution < -0.4 is 5.73 Å². The first-order valence-corrected chi connectivity index (χ1v) is 5.15. The van der Waals surface area contributed by atoms with Gasteiger partial charge in [-0.25, -0.2) is 0 Å². The molecule has 0 fully saturated rings. The summed E-state index contributed by atoms with van der Waals surface area (Å²) in [4.78, 5) is 4.20. The van der Waals surface area contributed by atoms with Crippen molar-refractivity contribution in [1.29, 1.82) is 0 Å². The molecule has 0 atom stereocenters. The van der Waals surface area contributed by atoms with Crippen molar-refractivity contribution in [3.63, 3.8) is 0 Å². The molecule has 2 aromatic heterocycles. The van der Waals surface area contributed by atoms with E-state index in [0.29, 0.717) is 6.54 Å². The van der Waals surface area contributed by atoms with E-state index in [4.69, 9.17) is 5.73 Å². The van der Waals surface area contributed by atoms with E-state index in [2.05, 4.69) is 15.2 Å². The fourth-order valence-corrected chi connectivity index (χ4v) is 1.90. The van der Waals surface area contributed by atoms with Crippen LogP contribution in [0.1, 0.15) is 5.01 Å². The average Bonchev–Trinajstić information content (AvgIpc) is 2.68. The van der Waals surface area contributed by atoms with Gasteiger partial charge in [0.05, 0.1) is 0 Å². The predicted molar refractivity (Wildman–Crippen MR) is 55.9 cm³/mol. The molecule has 0 bridgehead atoms. The maximum atomic E-state index is 5.43.